The topological polar surface area (TPSA) is 76.5 Å². The largest absolute Gasteiger partial charge is 0.482 e. The summed E-state index contributed by atoms with van der Waals surface area (Å²) in [4.78, 5) is 26.4. The van der Waals surface area contributed by atoms with Crippen molar-refractivity contribution in [1.29, 1.82) is 0 Å². The van der Waals surface area contributed by atoms with Crippen LogP contribution in [-0.4, -0.2) is 29.0 Å². The highest BCUT2D eigenvalue weighted by atomic mass is 32.2. The third kappa shape index (κ3) is 4.32. The Hall–Kier alpha value is -2.34. The molecule has 2 aromatic rings. The zero-order chi connectivity index (χ0) is 15.2. The van der Waals surface area contributed by atoms with Crippen molar-refractivity contribution in [3.05, 3.63) is 47.7 Å². The number of aliphatic carboxylic acids is 1. The lowest BCUT2D eigenvalue weighted by Crippen LogP contribution is -2.09. The first kappa shape index (κ1) is 15.1. The summed E-state index contributed by atoms with van der Waals surface area (Å²) >= 11 is 1.46. The van der Waals surface area contributed by atoms with Crippen LogP contribution in [-0.2, 0) is 4.79 Å². The lowest BCUT2D eigenvalue weighted by Gasteiger charge is -2.06. The standard InChI is InChI=1S/C15H13NO4S/c1-10-11(8-17)2-7-14(16-10)21-13-5-3-12(4-6-13)20-9-15(18)19/h2-8H,9H2,1H3,(H,18,19). The Morgan fingerprint density at radius 3 is 2.57 bits per heavy atom. The zero-order valence-corrected chi connectivity index (χ0v) is 12.1. The number of aromatic nitrogens is 1. The predicted octanol–water partition coefficient (Wildman–Crippen LogP) is 2.82. The number of hydrogen-bond donors (Lipinski definition) is 1. The summed E-state index contributed by atoms with van der Waals surface area (Å²) in [5.74, 6) is -0.509. The molecule has 0 spiro atoms. The van der Waals surface area contributed by atoms with Gasteiger partial charge >= 0.3 is 5.97 Å². The lowest BCUT2D eigenvalue weighted by atomic mass is 10.2. The van der Waals surface area contributed by atoms with Crippen molar-refractivity contribution >= 4 is 24.0 Å². The second kappa shape index (κ2) is 6.90. The Morgan fingerprint density at radius 2 is 2.00 bits per heavy atom. The Bertz CT molecular complexity index is 655. The van der Waals surface area contributed by atoms with E-state index in [0.717, 1.165) is 16.2 Å². The molecule has 1 aromatic heterocycles. The highest BCUT2D eigenvalue weighted by Crippen LogP contribution is 2.28. The number of carbonyl (C=O) groups is 2. The second-order valence-electron chi connectivity index (χ2n) is 4.20. The molecule has 0 saturated carbocycles. The first-order chi connectivity index (χ1) is 10.1. The second-order valence-corrected chi connectivity index (χ2v) is 5.29. The summed E-state index contributed by atoms with van der Waals surface area (Å²) in [6.45, 7) is 1.43. The first-order valence-corrected chi connectivity index (χ1v) is 6.95. The van der Waals surface area contributed by atoms with E-state index in [0.29, 0.717) is 17.0 Å². The fourth-order valence-corrected chi connectivity index (χ4v) is 2.43. The van der Waals surface area contributed by atoms with Crippen molar-refractivity contribution in [2.75, 3.05) is 6.61 Å². The molecular formula is C15H13NO4S. The molecule has 0 aliphatic heterocycles. The van der Waals surface area contributed by atoms with E-state index in [1.165, 1.54) is 11.8 Å². The summed E-state index contributed by atoms with van der Waals surface area (Å²) in [6.07, 6.45) is 0.783. The van der Waals surface area contributed by atoms with Gasteiger partial charge in [0, 0.05) is 16.2 Å². The van der Waals surface area contributed by atoms with Crippen molar-refractivity contribution in [2.24, 2.45) is 0 Å². The van der Waals surface area contributed by atoms with Crippen LogP contribution in [0.5, 0.6) is 5.75 Å². The van der Waals surface area contributed by atoms with Crippen molar-refractivity contribution in [3.8, 4) is 5.75 Å². The van der Waals surface area contributed by atoms with Gasteiger partial charge in [-0.05, 0) is 43.3 Å². The number of aryl methyl sites for hydroxylation is 1. The summed E-state index contributed by atoms with van der Waals surface area (Å²) in [5, 5.41) is 9.32. The van der Waals surface area contributed by atoms with Crippen LogP contribution in [0.25, 0.3) is 0 Å². The van der Waals surface area contributed by atoms with Crippen LogP contribution < -0.4 is 4.74 Å². The van der Waals surface area contributed by atoms with Gasteiger partial charge in [0.05, 0.1) is 0 Å². The van der Waals surface area contributed by atoms with E-state index >= 15 is 0 Å². The van der Waals surface area contributed by atoms with Crippen molar-refractivity contribution in [2.45, 2.75) is 16.8 Å². The zero-order valence-electron chi connectivity index (χ0n) is 11.3. The van der Waals surface area contributed by atoms with Gasteiger partial charge in [0.2, 0.25) is 0 Å². The number of carboxylic acid groups (broad SMARTS) is 1. The van der Waals surface area contributed by atoms with Crippen LogP contribution in [0.3, 0.4) is 0 Å². The van der Waals surface area contributed by atoms with Crippen molar-refractivity contribution < 1.29 is 19.4 Å². The maximum Gasteiger partial charge on any atom is 0.341 e. The Labute approximate surface area is 126 Å². The summed E-state index contributed by atoms with van der Waals surface area (Å²) in [5.41, 5.74) is 1.27. The van der Waals surface area contributed by atoms with E-state index in [4.69, 9.17) is 9.84 Å². The van der Waals surface area contributed by atoms with Crippen LogP contribution in [0.4, 0.5) is 0 Å². The quantitative estimate of drug-likeness (QED) is 0.827. The van der Waals surface area contributed by atoms with Crippen LogP contribution >= 0.6 is 11.8 Å². The van der Waals surface area contributed by atoms with Crippen molar-refractivity contribution in [1.82, 2.24) is 4.98 Å². The summed E-state index contributed by atoms with van der Waals surface area (Å²) < 4.78 is 5.06. The maximum atomic E-state index is 10.7. The number of ether oxygens (including phenoxy) is 1. The number of aldehydes is 1. The van der Waals surface area contributed by atoms with Gasteiger partial charge in [-0.2, -0.15) is 0 Å². The lowest BCUT2D eigenvalue weighted by molar-refractivity contribution is -0.139. The normalized spacial score (nSPS) is 10.1. The molecule has 0 saturated heterocycles. The fraction of sp³-hybridized carbons (Fsp3) is 0.133. The minimum Gasteiger partial charge on any atom is -0.482 e. The molecular weight excluding hydrogens is 290 g/mol. The number of carboxylic acids is 1. The van der Waals surface area contributed by atoms with Crippen LogP contribution in [0.2, 0.25) is 0 Å². The van der Waals surface area contributed by atoms with Gasteiger partial charge in [0.15, 0.2) is 12.9 Å². The number of benzene rings is 1. The van der Waals surface area contributed by atoms with E-state index in [2.05, 4.69) is 4.98 Å². The molecule has 0 unspecified atom stereocenters. The number of rotatable bonds is 6. The van der Waals surface area contributed by atoms with E-state index in [9.17, 15) is 9.59 Å². The highest BCUT2D eigenvalue weighted by molar-refractivity contribution is 7.99. The van der Waals surface area contributed by atoms with E-state index < -0.39 is 5.97 Å². The average Bonchev–Trinajstić information content (AvgIpc) is 2.47. The molecule has 0 radical (unpaired) electrons. The minimum atomic E-state index is -1.01. The van der Waals surface area contributed by atoms with Gasteiger partial charge in [-0.1, -0.05) is 11.8 Å². The van der Waals surface area contributed by atoms with E-state index in [1.807, 2.05) is 12.1 Å². The molecule has 6 heteroatoms. The molecule has 0 bridgehead atoms. The van der Waals surface area contributed by atoms with Gasteiger partial charge in [-0.25, -0.2) is 9.78 Å². The number of nitrogens with zero attached hydrogens (tertiary/aromatic N) is 1. The molecule has 5 nitrogen and oxygen atoms in total. The Morgan fingerprint density at radius 1 is 1.29 bits per heavy atom. The Balaban J connectivity index is 2.04. The third-order valence-electron chi connectivity index (χ3n) is 2.64. The molecule has 0 aliphatic rings. The summed E-state index contributed by atoms with van der Waals surface area (Å²) in [7, 11) is 0. The number of hydrogen-bond acceptors (Lipinski definition) is 5. The highest BCUT2D eigenvalue weighted by Gasteiger charge is 2.04. The molecule has 0 fully saturated rings. The van der Waals surface area contributed by atoms with Gasteiger partial charge < -0.3 is 9.84 Å². The molecule has 2 rings (SSSR count). The van der Waals surface area contributed by atoms with Gasteiger partial charge in [-0.3, -0.25) is 4.79 Å². The van der Waals surface area contributed by atoms with Crippen molar-refractivity contribution in [3.63, 3.8) is 0 Å². The first-order valence-electron chi connectivity index (χ1n) is 6.14. The van der Waals surface area contributed by atoms with Crippen LogP contribution in [0.15, 0.2) is 46.3 Å². The monoisotopic (exact) mass is 303 g/mol. The number of carbonyl (C=O) groups excluding carboxylic acids is 1. The molecule has 0 amide bonds. The molecule has 108 valence electrons. The third-order valence-corrected chi connectivity index (χ3v) is 3.58. The predicted molar refractivity (Wildman–Crippen MR) is 78.1 cm³/mol. The van der Waals surface area contributed by atoms with Crippen LogP contribution in [0.1, 0.15) is 16.1 Å². The molecule has 1 N–H and O–H groups in total. The Kier molecular flexibility index (Phi) is 4.94. The van der Waals surface area contributed by atoms with Gasteiger partial charge in [0.25, 0.3) is 0 Å². The molecule has 0 aliphatic carbocycles. The molecule has 1 aromatic carbocycles. The van der Waals surface area contributed by atoms with Gasteiger partial charge in [-0.15, -0.1) is 0 Å². The molecule has 1 heterocycles. The maximum absolute atomic E-state index is 10.7. The van der Waals surface area contributed by atoms with Gasteiger partial charge in [0.1, 0.15) is 10.8 Å². The number of pyridine rings is 1. The van der Waals surface area contributed by atoms with E-state index in [-0.39, 0.29) is 6.61 Å². The fourth-order valence-electron chi connectivity index (χ4n) is 1.60. The average molecular weight is 303 g/mol. The minimum absolute atomic E-state index is 0.361. The molecule has 0 atom stereocenters. The van der Waals surface area contributed by atoms with Crippen LogP contribution in [0, 0.1) is 6.92 Å². The van der Waals surface area contributed by atoms with E-state index in [1.54, 1.807) is 31.2 Å². The molecule has 21 heavy (non-hydrogen) atoms. The SMILES string of the molecule is Cc1nc(Sc2ccc(OCC(=O)O)cc2)ccc1C=O. The summed E-state index contributed by atoms with van der Waals surface area (Å²) in [6, 6.07) is 10.6. The smallest absolute Gasteiger partial charge is 0.341 e.